The molecule has 2 bridgehead atoms. The molecule has 2 aliphatic rings. The van der Waals surface area contributed by atoms with E-state index < -0.39 is 12.2 Å². The lowest BCUT2D eigenvalue weighted by Gasteiger charge is -2.28. The molecule has 1 aliphatic heterocycles. The Bertz CT molecular complexity index is 140. The van der Waals surface area contributed by atoms with Crippen molar-refractivity contribution in [2.75, 3.05) is 6.54 Å². The van der Waals surface area contributed by atoms with Gasteiger partial charge in [-0.1, -0.05) is 0 Å². The molecule has 3 nitrogen and oxygen atoms in total. The number of aliphatic hydroxyl groups is 2. The van der Waals surface area contributed by atoms with Crippen molar-refractivity contribution in [3.8, 4) is 0 Å². The molecule has 2 fully saturated rings. The van der Waals surface area contributed by atoms with Gasteiger partial charge in [0.15, 0.2) is 0 Å². The first kappa shape index (κ1) is 6.58. The molecule has 4 unspecified atom stereocenters. The topological polar surface area (TPSA) is 52.5 Å². The minimum atomic E-state index is -0.529. The molecule has 0 aromatic carbocycles. The molecule has 0 radical (unpaired) electrons. The Labute approximate surface area is 60.1 Å². The monoisotopic (exact) mass is 143 g/mol. The summed E-state index contributed by atoms with van der Waals surface area (Å²) in [6, 6.07) is 0.161. The normalized spacial score (nSPS) is 53.4. The van der Waals surface area contributed by atoms with Gasteiger partial charge in [-0.3, -0.25) is 0 Å². The molecule has 1 heterocycles. The maximum Gasteiger partial charge on any atom is 0.0951 e. The lowest BCUT2D eigenvalue weighted by atomic mass is 9.86. The molecule has 0 aromatic rings. The van der Waals surface area contributed by atoms with Crippen molar-refractivity contribution in [1.82, 2.24) is 5.32 Å². The molecule has 1 saturated carbocycles. The first-order valence-electron chi connectivity index (χ1n) is 3.87. The molecule has 1 aliphatic carbocycles. The second-order valence-corrected chi connectivity index (χ2v) is 3.41. The summed E-state index contributed by atoms with van der Waals surface area (Å²) in [6.45, 7) is 0.971. The third-order valence-electron chi connectivity index (χ3n) is 2.64. The van der Waals surface area contributed by atoms with Crippen molar-refractivity contribution in [1.29, 1.82) is 0 Å². The predicted octanol–water partition coefficient (Wildman–Crippen LogP) is -0.910. The smallest absolute Gasteiger partial charge is 0.0951 e. The summed E-state index contributed by atoms with van der Waals surface area (Å²) in [5, 5.41) is 21.8. The van der Waals surface area contributed by atoms with Crippen LogP contribution < -0.4 is 5.32 Å². The van der Waals surface area contributed by atoms with E-state index in [1.165, 1.54) is 0 Å². The van der Waals surface area contributed by atoms with Crippen LogP contribution >= 0.6 is 0 Å². The molecular weight excluding hydrogens is 130 g/mol. The van der Waals surface area contributed by atoms with Gasteiger partial charge in [0.25, 0.3) is 0 Å². The minimum absolute atomic E-state index is 0.161. The Hall–Kier alpha value is -0.120. The van der Waals surface area contributed by atoms with Gasteiger partial charge in [-0.25, -0.2) is 0 Å². The fourth-order valence-corrected chi connectivity index (χ4v) is 2.03. The molecular formula is C7H13NO2. The average Bonchev–Trinajstić information content (AvgIpc) is 2.29. The highest BCUT2D eigenvalue weighted by Gasteiger charge is 2.39. The highest BCUT2D eigenvalue weighted by molar-refractivity contribution is 4.96. The second kappa shape index (κ2) is 2.19. The summed E-state index contributed by atoms with van der Waals surface area (Å²) in [5.41, 5.74) is 0. The van der Waals surface area contributed by atoms with E-state index in [-0.39, 0.29) is 6.04 Å². The van der Waals surface area contributed by atoms with Crippen LogP contribution in [0.1, 0.15) is 12.8 Å². The van der Waals surface area contributed by atoms with Crippen LogP contribution in [0.5, 0.6) is 0 Å². The largest absolute Gasteiger partial charge is 0.390 e. The number of rotatable bonds is 0. The third kappa shape index (κ3) is 0.856. The zero-order valence-corrected chi connectivity index (χ0v) is 5.83. The quantitative estimate of drug-likeness (QED) is 0.411. The fraction of sp³-hybridized carbons (Fsp3) is 1.00. The number of nitrogens with one attached hydrogen (secondary N) is 1. The minimum Gasteiger partial charge on any atom is -0.390 e. The molecule has 0 amide bonds. The van der Waals surface area contributed by atoms with Gasteiger partial charge in [-0.2, -0.15) is 0 Å². The Morgan fingerprint density at radius 3 is 2.80 bits per heavy atom. The van der Waals surface area contributed by atoms with Gasteiger partial charge in [-0.15, -0.1) is 0 Å². The Balaban J connectivity index is 2.09. The molecule has 4 atom stereocenters. The van der Waals surface area contributed by atoms with Crippen LogP contribution in [-0.4, -0.2) is 35.0 Å². The summed E-state index contributed by atoms with van der Waals surface area (Å²) in [6.07, 6.45) is 0.792. The number of fused-ring (bicyclic) bond motifs is 2. The van der Waals surface area contributed by atoms with E-state index in [9.17, 15) is 10.2 Å². The van der Waals surface area contributed by atoms with E-state index in [0.717, 1.165) is 19.4 Å². The second-order valence-electron chi connectivity index (χ2n) is 3.41. The van der Waals surface area contributed by atoms with Crippen LogP contribution in [0.25, 0.3) is 0 Å². The molecule has 0 spiro atoms. The zero-order valence-electron chi connectivity index (χ0n) is 5.83. The molecule has 2 rings (SSSR count). The summed E-state index contributed by atoms with van der Waals surface area (Å²) >= 11 is 0. The summed E-state index contributed by atoms with van der Waals surface area (Å²) in [7, 11) is 0. The van der Waals surface area contributed by atoms with Crippen LogP contribution in [0.4, 0.5) is 0 Å². The molecule has 0 aromatic heterocycles. The van der Waals surface area contributed by atoms with Gasteiger partial charge in [0, 0.05) is 6.04 Å². The van der Waals surface area contributed by atoms with Crippen LogP contribution in [0.3, 0.4) is 0 Å². The fourth-order valence-electron chi connectivity index (χ4n) is 2.03. The molecule has 10 heavy (non-hydrogen) atoms. The van der Waals surface area contributed by atoms with Gasteiger partial charge < -0.3 is 15.5 Å². The first-order valence-corrected chi connectivity index (χ1v) is 3.87. The van der Waals surface area contributed by atoms with E-state index >= 15 is 0 Å². The highest BCUT2D eigenvalue weighted by Crippen LogP contribution is 2.29. The Kier molecular flexibility index (Phi) is 1.44. The summed E-state index contributed by atoms with van der Waals surface area (Å²) in [4.78, 5) is 0. The maximum absolute atomic E-state index is 9.35. The van der Waals surface area contributed by atoms with E-state index in [4.69, 9.17) is 0 Å². The van der Waals surface area contributed by atoms with Gasteiger partial charge in [0.1, 0.15) is 0 Å². The van der Waals surface area contributed by atoms with Crippen LogP contribution in [0.15, 0.2) is 0 Å². The van der Waals surface area contributed by atoms with Crippen LogP contribution in [0.2, 0.25) is 0 Å². The molecule has 1 saturated heterocycles. The summed E-state index contributed by atoms with van der Waals surface area (Å²) < 4.78 is 0. The standard InChI is InChI=1S/C7H13NO2/c9-6-2-4-1-5(7(6)10)8-3-4/h4-10H,1-3H2. The van der Waals surface area contributed by atoms with Crippen LogP contribution in [-0.2, 0) is 0 Å². The highest BCUT2D eigenvalue weighted by atomic mass is 16.3. The zero-order chi connectivity index (χ0) is 7.14. The lowest BCUT2D eigenvalue weighted by molar-refractivity contribution is -0.0244. The number of hydrogen-bond acceptors (Lipinski definition) is 3. The van der Waals surface area contributed by atoms with Crippen molar-refractivity contribution in [3.63, 3.8) is 0 Å². The van der Waals surface area contributed by atoms with Crippen molar-refractivity contribution in [2.24, 2.45) is 5.92 Å². The predicted molar refractivity (Wildman–Crippen MR) is 36.5 cm³/mol. The lowest BCUT2D eigenvalue weighted by Crippen LogP contribution is -2.44. The van der Waals surface area contributed by atoms with E-state index in [1.807, 2.05) is 0 Å². The van der Waals surface area contributed by atoms with Gasteiger partial charge in [0.05, 0.1) is 12.2 Å². The van der Waals surface area contributed by atoms with E-state index in [1.54, 1.807) is 0 Å². The van der Waals surface area contributed by atoms with Crippen molar-refractivity contribution in [3.05, 3.63) is 0 Å². The average molecular weight is 143 g/mol. The Morgan fingerprint density at radius 2 is 2.00 bits per heavy atom. The molecule has 3 N–H and O–H groups in total. The summed E-state index contributed by atoms with van der Waals surface area (Å²) in [5.74, 6) is 0.600. The third-order valence-corrected chi connectivity index (χ3v) is 2.64. The van der Waals surface area contributed by atoms with E-state index in [0.29, 0.717) is 5.92 Å². The van der Waals surface area contributed by atoms with Crippen LogP contribution in [0, 0.1) is 5.92 Å². The van der Waals surface area contributed by atoms with Crippen molar-refractivity contribution in [2.45, 2.75) is 31.1 Å². The number of hydrogen-bond donors (Lipinski definition) is 3. The van der Waals surface area contributed by atoms with Gasteiger partial charge in [-0.05, 0) is 25.3 Å². The first-order chi connectivity index (χ1) is 4.77. The molecule has 58 valence electrons. The van der Waals surface area contributed by atoms with Gasteiger partial charge >= 0.3 is 0 Å². The van der Waals surface area contributed by atoms with Crippen molar-refractivity contribution < 1.29 is 10.2 Å². The number of aliphatic hydroxyl groups excluding tert-OH is 2. The van der Waals surface area contributed by atoms with Gasteiger partial charge in [0.2, 0.25) is 0 Å². The van der Waals surface area contributed by atoms with Crippen molar-refractivity contribution >= 4 is 0 Å². The van der Waals surface area contributed by atoms with E-state index in [2.05, 4.69) is 5.32 Å². The SMILES string of the molecule is OC1CC2CNC(C2)C1O. The Morgan fingerprint density at radius 1 is 1.20 bits per heavy atom. The maximum atomic E-state index is 9.35. The molecule has 3 heteroatoms.